The Balaban J connectivity index is 1.45. The number of hydrogen-bond acceptors (Lipinski definition) is 4. The molecule has 1 aliphatic heterocycles. The Morgan fingerprint density at radius 3 is 3.09 bits per heavy atom. The molecule has 1 saturated heterocycles. The van der Waals surface area contributed by atoms with Crippen LogP contribution in [0.4, 0.5) is 0 Å². The van der Waals surface area contributed by atoms with Crippen LogP contribution in [0.2, 0.25) is 0 Å². The van der Waals surface area contributed by atoms with E-state index in [0.29, 0.717) is 6.61 Å². The summed E-state index contributed by atoms with van der Waals surface area (Å²) >= 11 is 0. The summed E-state index contributed by atoms with van der Waals surface area (Å²) in [6.45, 7) is 4.15. The van der Waals surface area contributed by atoms with Crippen molar-refractivity contribution >= 4 is 0 Å². The van der Waals surface area contributed by atoms with Gasteiger partial charge < -0.3 is 9.72 Å². The van der Waals surface area contributed by atoms with Gasteiger partial charge in [0.1, 0.15) is 0 Å². The van der Waals surface area contributed by atoms with Crippen LogP contribution in [0.1, 0.15) is 18.5 Å². The Morgan fingerprint density at radius 1 is 1.36 bits per heavy atom. The van der Waals surface area contributed by atoms with E-state index in [0.717, 1.165) is 44.7 Å². The second kappa shape index (κ2) is 7.38. The number of H-pyrrole nitrogens is 1. The molecule has 0 radical (unpaired) electrons. The van der Waals surface area contributed by atoms with Crippen LogP contribution in [0.25, 0.3) is 0 Å². The zero-order valence-corrected chi connectivity index (χ0v) is 12.6. The molecule has 1 atom stereocenters. The van der Waals surface area contributed by atoms with Crippen LogP contribution in [0, 0.1) is 0 Å². The Morgan fingerprint density at radius 2 is 2.32 bits per heavy atom. The molecule has 1 fully saturated rings. The van der Waals surface area contributed by atoms with Gasteiger partial charge in [0.2, 0.25) is 0 Å². The summed E-state index contributed by atoms with van der Waals surface area (Å²) in [7, 11) is 0. The maximum absolute atomic E-state index is 11.5. The second-order valence-electron chi connectivity index (χ2n) is 5.66. The molecule has 2 aromatic rings. The highest BCUT2D eigenvalue weighted by molar-refractivity contribution is 5.02. The van der Waals surface area contributed by atoms with Gasteiger partial charge >= 0.3 is 5.69 Å². The molecule has 1 N–H and O–H groups in total. The van der Waals surface area contributed by atoms with Crippen molar-refractivity contribution in [2.45, 2.75) is 32.1 Å². The molecule has 6 heteroatoms. The summed E-state index contributed by atoms with van der Waals surface area (Å²) in [6, 6.07) is 5.88. The summed E-state index contributed by atoms with van der Waals surface area (Å²) in [6.07, 6.45) is 7.74. The number of nitrogens with zero attached hydrogens (tertiary/aromatic N) is 3. The van der Waals surface area contributed by atoms with E-state index in [1.54, 1.807) is 23.2 Å². The Bertz CT molecular complexity index is 622. The smallest absolute Gasteiger partial charge is 0.325 e. The van der Waals surface area contributed by atoms with Crippen molar-refractivity contribution in [3.63, 3.8) is 0 Å². The molecule has 1 unspecified atom stereocenters. The lowest BCUT2D eigenvalue weighted by Crippen LogP contribution is -2.41. The third-order valence-corrected chi connectivity index (χ3v) is 4.03. The van der Waals surface area contributed by atoms with E-state index in [-0.39, 0.29) is 11.8 Å². The monoisotopic (exact) mass is 302 g/mol. The molecule has 2 aromatic heterocycles. The number of aromatic nitrogens is 3. The molecule has 0 amide bonds. The van der Waals surface area contributed by atoms with Gasteiger partial charge in [-0.1, -0.05) is 6.07 Å². The van der Waals surface area contributed by atoms with Crippen LogP contribution in [0.3, 0.4) is 0 Å². The average Bonchev–Trinajstić information content (AvgIpc) is 2.98. The number of piperidine rings is 1. The Labute approximate surface area is 129 Å². The third-order valence-electron chi connectivity index (χ3n) is 4.03. The van der Waals surface area contributed by atoms with Gasteiger partial charge in [-0.2, -0.15) is 0 Å². The van der Waals surface area contributed by atoms with Crippen molar-refractivity contribution in [1.82, 2.24) is 19.4 Å². The highest BCUT2D eigenvalue weighted by atomic mass is 16.5. The lowest BCUT2D eigenvalue weighted by atomic mass is 10.1. The predicted octanol–water partition coefficient (Wildman–Crippen LogP) is 1.25. The van der Waals surface area contributed by atoms with Crippen molar-refractivity contribution in [2.24, 2.45) is 0 Å². The van der Waals surface area contributed by atoms with Gasteiger partial charge in [0, 0.05) is 38.2 Å². The van der Waals surface area contributed by atoms with Crippen LogP contribution < -0.4 is 5.69 Å². The quantitative estimate of drug-likeness (QED) is 0.872. The topological polar surface area (TPSA) is 63.2 Å². The molecule has 1 aliphatic rings. The van der Waals surface area contributed by atoms with Crippen LogP contribution in [0.5, 0.6) is 0 Å². The molecule has 0 bridgehead atoms. The molecule has 3 heterocycles. The molecule has 22 heavy (non-hydrogen) atoms. The molecule has 0 aromatic carbocycles. The van der Waals surface area contributed by atoms with Crippen molar-refractivity contribution < 1.29 is 4.74 Å². The Hall–Kier alpha value is -1.92. The lowest BCUT2D eigenvalue weighted by Gasteiger charge is -2.32. The zero-order valence-electron chi connectivity index (χ0n) is 12.6. The first-order valence-electron chi connectivity index (χ1n) is 7.79. The highest BCUT2D eigenvalue weighted by Gasteiger charge is 2.20. The van der Waals surface area contributed by atoms with Crippen LogP contribution in [-0.2, 0) is 17.9 Å². The number of likely N-dealkylation sites (tertiary alicyclic amines) is 1. The molecule has 0 saturated carbocycles. The molecular weight excluding hydrogens is 280 g/mol. The van der Waals surface area contributed by atoms with E-state index >= 15 is 0 Å². The fourth-order valence-corrected chi connectivity index (χ4v) is 2.81. The Kier molecular flexibility index (Phi) is 5.03. The minimum atomic E-state index is -0.0417. The van der Waals surface area contributed by atoms with Gasteiger partial charge in [-0.25, -0.2) is 4.79 Å². The van der Waals surface area contributed by atoms with Crippen LogP contribution in [0.15, 0.2) is 41.6 Å². The first-order chi connectivity index (χ1) is 10.8. The molecule has 118 valence electrons. The van der Waals surface area contributed by atoms with Crippen molar-refractivity contribution in [3.8, 4) is 0 Å². The maximum Gasteiger partial charge on any atom is 0.325 e. The summed E-state index contributed by atoms with van der Waals surface area (Å²) in [4.78, 5) is 20.8. The fourth-order valence-electron chi connectivity index (χ4n) is 2.81. The SMILES string of the molecule is O=c1[nH]ccn1CCN1CCCC(OCc2ccccn2)C1. The number of pyridine rings is 1. The summed E-state index contributed by atoms with van der Waals surface area (Å²) in [5.41, 5.74) is 0.929. The predicted molar refractivity (Wildman–Crippen MR) is 83.5 cm³/mol. The minimum absolute atomic E-state index is 0.0417. The highest BCUT2D eigenvalue weighted by Crippen LogP contribution is 2.14. The van der Waals surface area contributed by atoms with Gasteiger partial charge in [-0.3, -0.25) is 14.5 Å². The largest absolute Gasteiger partial charge is 0.371 e. The molecule has 0 spiro atoms. The molecule has 6 nitrogen and oxygen atoms in total. The van der Waals surface area contributed by atoms with Gasteiger partial charge in [-0.05, 0) is 31.5 Å². The van der Waals surface area contributed by atoms with Crippen molar-refractivity contribution in [2.75, 3.05) is 19.6 Å². The number of rotatable bonds is 6. The van der Waals surface area contributed by atoms with Crippen molar-refractivity contribution in [1.29, 1.82) is 0 Å². The van der Waals surface area contributed by atoms with E-state index < -0.39 is 0 Å². The van der Waals surface area contributed by atoms with E-state index in [4.69, 9.17) is 4.74 Å². The van der Waals surface area contributed by atoms with E-state index in [9.17, 15) is 4.79 Å². The van der Waals surface area contributed by atoms with E-state index in [1.807, 2.05) is 18.2 Å². The number of aromatic amines is 1. The number of imidazole rings is 1. The summed E-state index contributed by atoms with van der Waals surface area (Å²) in [5, 5.41) is 0. The molecule has 0 aliphatic carbocycles. The van der Waals surface area contributed by atoms with Crippen LogP contribution in [-0.4, -0.2) is 45.2 Å². The van der Waals surface area contributed by atoms with Crippen LogP contribution >= 0.6 is 0 Å². The minimum Gasteiger partial charge on any atom is -0.371 e. The number of nitrogens with one attached hydrogen (secondary N) is 1. The average molecular weight is 302 g/mol. The first kappa shape index (κ1) is 15.0. The summed E-state index contributed by atoms with van der Waals surface area (Å²) < 4.78 is 7.69. The molecular formula is C16H22N4O2. The second-order valence-corrected chi connectivity index (χ2v) is 5.66. The number of hydrogen-bond donors (Lipinski definition) is 1. The molecule has 3 rings (SSSR count). The third kappa shape index (κ3) is 4.05. The summed E-state index contributed by atoms with van der Waals surface area (Å²) in [5.74, 6) is 0. The first-order valence-corrected chi connectivity index (χ1v) is 7.79. The van der Waals surface area contributed by atoms with E-state index in [2.05, 4.69) is 14.9 Å². The van der Waals surface area contributed by atoms with Gasteiger partial charge in [-0.15, -0.1) is 0 Å². The normalized spacial score (nSPS) is 19.4. The zero-order chi connectivity index (χ0) is 15.2. The number of ether oxygens (including phenoxy) is 1. The van der Waals surface area contributed by atoms with Gasteiger partial charge in [0.25, 0.3) is 0 Å². The lowest BCUT2D eigenvalue weighted by molar-refractivity contribution is -0.0119. The van der Waals surface area contributed by atoms with E-state index in [1.165, 1.54) is 0 Å². The van der Waals surface area contributed by atoms with Crippen molar-refractivity contribution in [3.05, 3.63) is 53.0 Å². The van der Waals surface area contributed by atoms with Gasteiger partial charge in [0.05, 0.1) is 18.4 Å². The van der Waals surface area contributed by atoms with Gasteiger partial charge in [0.15, 0.2) is 0 Å². The fraction of sp³-hybridized carbons (Fsp3) is 0.500. The standard InChI is InChI=1S/C16H22N4O2/c21-16-18-7-9-20(16)11-10-19-8-3-5-15(12-19)22-13-14-4-1-2-6-17-14/h1-2,4,6-7,9,15H,3,5,8,10-13H2,(H,18,21). The maximum atomic E-state index is 11.5.